The van der Waals surface area contributed by atoms with E-state index in [9.17, 15) is 4.79 Å². The second-order valence-electron chi connectivity index (χ2n) is 2.82. The SMILES string of the molecule is N[C@@](O)(C(=O)O)[C@H](O)[C@@H](O)[C@H](O)CO. The molecule has 8 N–H and O–H groups in total. The number of aliphatic carboxylic acids is 1. The summed E-state index contributed by atoms with van der Waals surface area (Å²) >= 11 is 0. The smallest absolute Gasteiger partial charge is 0.353 e. The minimum atomic E-state index is -3.09. The molecule has 0 radical (unpaired) electrons. The number of carboxylic acid groups (broad SMARTS) is 1. The Hall–Kier alpha value is -0.770. The maximum Gasteiger partial charge on any atom is 0.353 e. The molecule has 0 aromatic rings. The average molecular weight is 211 g/mol. The summed E-state index contributed by atoms with van der Waals surface area (Å²) in [6.07, 6.45) is -6.17. The number of carbonyl (C=O) groups is 1. The van der Waals surface area contributed by atoms with Gasteiger partial charge in [-0.15, -0.1) is 0 Å². The van der Waals surface area contributed by atoms with Gasteiger partial charge < -0.3 is 30.6 Å². The predicted octanol–water partition coefficient (Wildman–Crippen LogP) is -4.21. The third kappa shape index (κ3) is 2.61. The lowest BCUT2D eigenvalue weighted by molar-refractivity contribution is -0.189. The predicted molar refractivity (Wildman–Crippen MR) is 41.9 cm³/mol. The minimum Gasteiger partial charge on any atom is -0.478 e. The van der Waals surface area contributed by atoms with Gasteiger partial charge in [-0.2, -0.15) is 0 Å². The van der Waals surface area contributed by atoms with Gasteiger partial charge in [0.05, 0.1) is 6.61 Å². The average Bonchev–Trinajstić information content (AvgIpc) is 2.13. The lowest BCUT2D eigenvalue weighted by atomic mass is 9.99. The van der Waals surface area contributed by atoms with E-state index < -0.39 is 36.6 Å². The summed E-state index contributed by atoms with van der Waals surface area (Å²) in [4.78, 5) is 10.3. The zero-order valence-corrected chi connectivity index (χ0v) is 7.11. The minimum absolute atomic E-state index is 0.909. The van der Waals surface area contributed by atoms with Crippen LogP contribution in [0.2, 0.25) is 0 Å². The van der Waals surface area contributed by atoms with Crippen molar-refractivity contribution in [2.75, 3.05) is 6.61 Å². The Morgan fingerprint density at radius 1 is 1.36 bits per heavy atom. The molecule has 0 saturated carbocycles. The second-order valence-corrected chi connectivity index (χ2v) is 2.82. The van der Waals surface area contributed by atoms with Crippen molar-refractivity contribution in [2.45, 2.75) is 24.0 Å². The fourth-order valence-electron chi connectivity index (χ4n) is 0.705. The first-order valence-electron chi connectivity index (χ1n) is 3.64. The monoisotopic (exact) mass is 211 g/mol. The summed E-state index contributed by atoms with van der Waals surface area (Å²) in [6.45, 7) is -0.909. The maximum atomic E-state index is 10.3. The standard InChI is InChI=1S/C6H13NO7/c7-6(14,5(12)13)4(11)3(10)2(9)1-8/h2-4,8-11,14H,1,7H2,(H,12,13)/t2-,3+,4-,6+/m1/s1. The molecular weight excluding hydrogens is 198 g/mol. The van der Waals surface area contributed by atoms with Crippen molar-refractivity contribution in [2.24, 2.45) is 5.73 Å². The van der Waals surface area contributed by atoms with Gasteiger partial charge in [-0.1, -0.05) is 0 Å². The van der Waals surface area contributed by atoms with Gasteiger partial charge in [0, 0.05) is 0 Å². The molecular formula is C6H13NO7. The molecule has 0 aliphatic carbocycles. The molecule has 0 amide bonds. The zero-order valence-electron chi connectivity index (χ0n) is 7.11. The van der Waals surface area contributed by atoms with E-state index >= 15 is 0 Å². The van der Waals surface area contributed by atoms with Crippen LogP contribution in [0.5, 0.6) is 0 Å². The van der Waals surface area contributed by atoms with Crippen molar-refractivity contribution in [1.82, 2.24) is 0 Å². The van der Waals surface area contributed by atoms with Gasteiger partial charge in [0.25, 0.3) is 0 Å². The molecule has 0 bridgehead atoms. The molecule has 8 heteroatoms. The summed E-state index contributed by atoms with van der Waals surface area (Å²) in [5.41, 5.74) is 1.66. The largest absolute Gasteiger partial charge is 0.478 e. The summed E-state index contributed by atoms with van der Waals surface area (Å²) < 4.78 is 0. The van der Waals surface area contributed by atoms with Gasteiger partial charge >= 0.3 is 5.97 Å². The number of nitrogens with two attached hydrogens (primary N) is 1. The molecule has 0 aromatic heterocycles. The summed E-state index contributed by atoms with van der Waals surface area (Å²) in [6, 6.07) is 0. The van der Waals surface area contributed by atoms with Crippen LogP contribution in [0.3, 0.4) is 0 Å². The Labute approximate surface area is 78.8 Å². The third-order valence-electron chi connectivity index (χ3n) is 1.70. The van der Waals surface area contributed by atoms with Crippen LogP contribution in [0.15, 0.2) is 0 Å². The highest BCUT2D eigenvalue weighted by molar-refractivity contribution is 5.77. The molecule has 0 aliphatic heterocycles. The van der Waals surface area contributed by atoms with E-state index in [4.69, 9.17) is 36.4 Å². The van der Waals surface area contributed by atoms with E-state index in [-0.39, 0.29) is 0 Å². The van der Waals surface area contributed by atoms with E-state index in [0.717, 1.165) is 0 Å². The van der Waals surface area contributed by atoms with Gasteiger partial charge in [-0.3, -0.25) is 5.73 Å². The van der Waals surface area contributed by atoms with Crippen molar-refractivity contribution < 1.29 is 35.4 Å². The Kier molecular flexibility index (Phi) is 4.39. The van der Waals surface area contributed by atoms with Crippen LogP contribution >= 0.6 is 0 Å². The van der Waals surface area contributed by atoms with Crippen LogP contribution < -0.4 is 5.73 Å². The van der Waals surface area contributed by atoms with Gasteiger partial charge in [-0.05, 0) is 0 Å². The first-order valence-corrected chi connectivity index (χ1v) is 3.64. The molecule has 84 valence electrons. The molecule has 0 aromatic carbocycles. The summed E-state index contributed by atoms with van der Waals surface area (Å²) in [5.74, 6) is -1.96. The number of carboxylic acids is 1. The molecule has 0 spiro atoms. The topological polar surface area (TPSA) is 164 Å². The van der Waals surface area contributed by atoms with Crippen molar-refractivity contribution in [3.05, 3.63) is 0 Å². The third-order valence-corrected chi connectivity index (χ3v) is 1.70. The Morgan fingerprint density at radius 3 is 2.07 bits per heavy atom. The molecule has 8 nitrogen and oxygen atoms in total. The molecule has 0 aliphatic rings. The van der Waals surface area contributed by atoms with E-state index in [1.54, 1.807) is 0 Å². The highest BCUT2D eigenvalue weighted by Gasteiger charge is 2.45. The quantitative estimate of drug-likeness (QED) is 0.225. The van der Waals surface area contributed by atoms with Gasteiger partial charge in [0.1, 0.15) is 18.3 Å². The van der Waals surface area contributed by atoms with Crippen LogP contribution in [0.25, 0.3) is 0 Å². The molecule has 0 unspecified atom stereocenters. The highest BCUT2D eigenvalue weighted by Crippen LogP contribution is 2.11. The Morgan fingerprint density at radius 2 is 1.79 bits per heavy atom. The van der Waals surface area contributed by atoms with Gasteiger partial charge in [-0.25, -0.2) is 4.79 Å². The van der Waals surface area contributed by atoms with Crippen LogP contribution in [0, 0.1) is 0 Å². The molecule has 4 atom stereocenters. The van der Waals surface area contributed by atoms with E-state index in [1.807, 2.05) is 0 Å². The fourth-order valence-corrected chi connectivity index (χ4v) is 0.705. The Balaban J connectivity index is 4.60. The summed E-state index contributed by atoms with van der Waals surface area (Å²) in [7, 11) is 0. The molecule has 14 heavy (non-hydrogen) atoms. The number of aliphatic hydroxyl groups excluding tert-OH is 4. The van der Waals surface area contributed by atoms with Crippen LogP contribution in [-0.2, 0) is 4.79 Å². The molecule has 0 rings (SSSR count). The van der Waals surface area contributed by atoms with Gasteiger partial charge in [0.15, 0.2) is 0 Å². The molecule has 0 saturated heterocycles. The second kappa shape index (κ2) is 4.64. The van der Waals surface area contributed by atoms with Gasteiger partial charge in [0.2, 0.25) is 5.72 Å². The Bertz CT molecular complexity index is 206. The first-order chi connectivity index (χ1) is 6.25. The van der Waals surface area contributed by atoms with Crippen molar-refractivity contribution in [1.29, 1.82) is 0 Å². The molecule has 0 heterocycles. The lowest BCUT2D eigenvalue weighted by Crippen LogP contribution is -2.63. The number of hydrogen-bond acceptors (Lipinski definition) is 7. The van der Waals surface area contributed by atoms with E-state index in [0.29, 0.717) is 0 Å². The number of rotatable bonds is 5. The summed E-state index contributed by atoms with van der Waals surface area (Å²) in [5, 5.41) is 52.5. The zero-order chi connectivity index (χ0) is 11.5. The normalized spacial score (nSPS) is 22.1. The van der Waals surface area contributed by atoms with Crippen molar-refractivity contribution in [3.8, 4) is 0 Å². The van der Waals surface area contributed by atoms with E-state index in [1.165, 1.54) is 0 Å². The van der Waals surface area contributed by atoms with E-state index in [2.05, 4.69) is 0 Å². The highest BCUT2D eigenvalue weighted by atomic mass is 16.4. The fraction of sp³-hybridized carbons (Fsp3) is 0.833. The van der Waals surface area contributed by atoms with Crippen molar-refractivity contribution >= 4 is 5.97 Å². The number of hydrogen-bond donors (Lipinski definition) is 7. The first kappa shape index (κ1) is 13.2. The lowest BCUT2D eigenvalue weighted by Gasteiger charge is -2.29. The van der Waals surface area contributed by atoms with Crippen molar-refractivity contribution in [3.63, 3.8) is 0 Å². The molecule has 0 fully saturated rings. The van der Waals surface area contributed by atoms with Crippen LogP contribution in [-0.4, -0.2) is 67.3 Å². The maximum absolute atomic E-state index is 10.3. The number of aliphatic hydroxyl groups is 5. The van der Waals surface area contributed by atoms with Crippen LogP contribution in [0.1, 0.15) is 0 Å². The van der Waals surface area contributed by atoms with Crippen LogP contribution in [0.4, 0.5) is 0 Å².